The number of sulfonamides is 1. The number of hydrogen-bond donors (Lipinski definition) is 0. The third-order valence-corrected chi connectivity index (χ3v) is 6.77. The van der Waals surface area contributed by atoms with Crippen LogP contribution in [-0.4, -0.2) is 38.9 Å². The summed E-state index contributed by atoms with van der Waals surface area (Å²) in [5, 5.41) is 1.69. The van der Waals surface area contributed by atoms with Crippen molar-refractivity contribution in [2.24, 2.45) is 5.92 Å². The molecule has 0 spiro atoms. The fourth-order valence-electron chi connectivity index (χ4n) is 2.48. The molecule has 0 bridgehead atoms. The molecule has 5 nitrogen and oxygen atoms in total. The van der Waals surface area contributed by atoms with Gasteiger partial charge in [0, 0.05) is 13.1 Å². The lowest BCUT2D eigenvalue weighted by atomic mass is 10.0. The molecule has 0 amide bonds. The molecule has 112 valence electrons. The van der Waals surface area contributed by atoms with Crippen LogP contribution in [0.2, 0.25) is 0 Å². The average molecular weight is 317 g/mol. The SMILES string of the molecule is COC(=O)c1scc(C)c1S(=O)(=O)N1CCCC(C)C1. The molecule has 20 heavy (non-hydrogen) atoms. The first-order valence-electron chi connectivity index (χ1n) is 6.54. The predicted octanol–water partition coefficient (Wildman–Crippen LogP) is 2.26. The van der Waals surface area contributed by atoms with Crippen molar-refractivity contribution in [3.8, 4) is 0 Å². The zero-order chi connectivity index (χ0) is 14.9. The molecule has 1 saturated heterocycles. The Labute approximate surface area is 123 Å². The molecular weight excluding hydrogens is 298 g/mol. The van der Waals surface area contributed by atoms with Gasteiger partial charge in [0.2, 0.25) is 10.0 Å². The largest absolute Gasteiger partial charge is 0.465 e. The number of nitrogens with zero attached hydrogens (tertiary/aromatic N) is 1. The lowest BCUT2D eigenvalue weighted by Crippen LogP contribution is -2.39. The minimum Gasteiger partial charge on any atom is -0.465 e. The second kappa shape index (κ2) is 5.83. The van der Waals surface area contributed by atoms with Crippen molar-refractivity contribution >= 4 is 27.3 Å². The van der Waals surface area contributed by atoms with Crippen molar-refractivity contribution in [2.75, 3.05) is 20.2 Å². The fourth-order valence-corrected chi connectivity index (χ4v) is 5.74. The monoisotopic (exact) mass is 317 g/mol. The number of carbonyl (C=O) groups is 1. The highest BCUT2D eigenvalue weighted by molar-refractivity contribution is 7.89. The van der Waals surface area contributed by atoms with E-state index in [1.807, 2.05) is 6.92 Å². The molecule has 0 aromatic carbocycles. The Morgan fingerprint density at radius 1 is 1.50 bits per heavy atom. The van der Waals surface area contributed by atoms with Gasteiger partial charge in [-0.2, -0.15) is 4.31 Å². The van der Waals surface area contributed by atoms with Gasteiger partial charge >= 0.3 is 5.97 Å². The molecule has 1 aliphatic rings. The van der Waals surface area contributed by atoms with E-state index in [1.54, 1.807) is 12.3 Å². The molecule has 0 radical (unpaired) electrons. The van der Waals surface area contributed by atoms with Crippen LogP contribution in [-0.2, 0) is 14.8 Å². The second-order valence-corrected chi connectivity index (χ2v) is 7.93. The van der Waals surface area contributed by atoms with Gasteiger partial charge < -0.3 is 4.74 Å². The quantitative estimate of drug-likeness (QED) is 0.802. The van der Waals surface area contributed by atoms with E-state index in [-0.39, 0.29) is 9.77 Å². The summed E-state index contributed by atoms with van der Waals surface area (Å²) in [5.74, 6) is -0.245. The van der Waals surface area contributed by atoms with E-state index in [1.165, 1.54) is 11.4 Å². The lowest BCUT2D eigenvalue weighted by Gasteiger charge is -2.30. The molecule has 2 heterocycles. The molecule has 1 aromatic heterocycles. The van der Waals surface area contributed by atoms with Crippen LogP contribution in [0.5, 0.6) is 0 Å². The minimum atomic E-state index is -3.63. The van der Waals surface area contributed by atoms with Crippen molar-refractivity contribution in [3.05, 3.63) is 15.8 Å². The number of thiophene rings is 1. The molecule has 0 saturated carbocycles. The van der Waals surface area contributed by atoms with Gasteiger partial charge in [-0.1, -0.05) is 6.92 Å². The van der Waals surface area contributed by atoms with Crippen LogP contribution in [0.25, 0.3) is 0 Å². The van der Waals surface area contributed by atoms with E-state index in [9.17, 15) is 13.2 Å². The molecule has 0 aliphatic carbocycles. The van der Waals surface area contributed by atoms with Crippen LogP contribution in [0.1, 0.15) is 35.0 Å². The van der Waals surface area contributed by atoms with E-state index in [4.69, 9.17) is 0 Å². The van der Waals surface area contributed by atoms with E-state index >= 15 is 0 Å². The highest BCUT2D eigenvalue weighted by Crippen LogP contribution is 2.32. The molecule has 1 aliphatic heterocycles. The van der Waals surface area contributed by atoms with E-state index in [0.29, 0.717) is 24.6 Å². The van der Waals surface area contributed by atoms with Gasteiger partial charge in [-0.05, 0) is 36.6 Å². The third kappa shape index (κ3) is 2.75. The van der Waals surface area contributed by atoms with Crippen LogP contribution in [0.4, 0.5) is 0 Å². The molecule has 1 unspecified atom stereocenters. The Morgan fingerprint density at radius 2 is 2.20 bits per heavy atom. The van der Waals surface area contributed by atoms with E-state index < -0.39 is 16.0 Å². The van der Waals surface area contributed by atoms with Gasteiger partial charge in [0.1, 0.15) is 9.77 Å². The summed E-state index contributed by atoms with van der Waals surface area (Å²) in [6, 6.07) is 0. The van der Waals surface area contributed by atoms with Gasteiger partial charge in [0.25, 0.3) is 0 Å². The molecule has 2 rings (SSSR count). The van der Waals surface area contributed by atoms with Crippen molar-refractivity contribution in [1.29, 1.82) is 0 Å². The van der Waals surface area contributed by atoms with Crippen LogP contribution >= 0.6 is 11.3 Å². The fraction of sp³-hybridized carbons (Fsp3) is 0.615. The summed E-state index contributed by atoms with van der Waals surface area (Å²) in [7, 11) is -2.36. The van der Waals surface area contributed by atoms with Crippen molar-refractivity contribution in [3.63, 3.8) is 0 Å². The zero-order valence-electron chi connectivity index (χ0n) is 11.9. The topological polar surface area (TPSA) is 63.7 Å². The first-order chi connectivity index (χ1) is 9.37. The molecule has 1 fully saturated rings. The Kier molecular flexibility index (Phi) is 4.51. The van der Waals surface area contributed by atoms with E-state index in [0.717, 1.165) is 24.2 Å². The summed E-state index contributed by atoms with van der Waals surface area (Å²) in [5.41, 5.74) is 0.605. The Hall–Kier alpha value is -0.920. The maximum atomic E-state index is 12.8. The predicted molar refractivity (Wildman–Crippen MR) is 77.6 cm³/mol. The Morgan fingerprint density at radius 3 is 2.80 bits per heavy atom. The number of esters is 1. The number of aryl methyl sites for hydroxylation is 1. The summed E-state index contributed by atoms with van der Waals surface area (Å²) >= 11 is 1.12. The first kappa shape index (κ1) is 15.5. The molecule has 1 aromatic rings. The minimum absolute atomic E-state index is 0.114. The summed E-state index contributed by atoms with van der Waals surface area (Å²) in [6.07, 6.45) is 1.90. The number of rotatable bonds is 3. The highest BCUT2D eigenvalue weighted by atomic mass is 32.2. The lowest BCUT2D eigenvalue weighted by molar-refractivity contribution is 0.0602. The number of methoxy groups -OCH3 is 1. The summed E-state index contributed by atoms with van der Waals surface area (Å²) in [4.78, 5) is 12.0. The van der Waals surface area contributed by atoms with Gasteiger partial charge in [-0.15, -0.1) is 11.3 Å². The number of piperidine rings is 1. The molecule has 7 heteroatoms. The maximum Gasteiger partial charge on any atom is 0.349 e. The number of ether oxygens (including phenoxy) is 1. The summed E-state index contributed by atoms with van der Waals surface area (Å²) < 4.78 is 31.7. The normalized spacial score (nSPS) is 20.9. The van der Waals surface area contributed by atoms with Crippen molar-refractivity contribution in [1.82, 2.24) is 4.31 Å². The van der Waals surface area contributed by atoms with Crippen LogP contribution < -0.4 is 0 Å². The van der Waals surface area contributed by atoms with Crippen molar-refractivity contribution in [2.45, 2.75) is 31.6 Å². The van der Waals surface area contributed by atoms with Gasteiger partial charge in [-0.3, -0.25) is 0 Å². The van der Waals surface area contributed by atoms with Gasteiger partial charge in [0.15, 0.2) is 0 Å². The Balaban J connectivity index is 2.44. The second-order valence-electron chi connectivity index (χ2n) is 5.18. The standard InChI is InChI=1S/C13H19NO4S2/c1-9-5-4-6-14(7-9)20(16,17)12-10(2)8-19-11(12)13(15)18-3/h8-9H,4-7H2,1-3H3. The zero-order valence-corrected chi connectivity index (χ0v) is 13.5. The van der Waals surface area contributed by atoms with Crippen LogP contribution in [0.3, 0.4) is 0 Å². The average Bonchev–Trinajstić information content (AvgIpc) is 2.80. The smallest absolute Gasteiger partial charge is 0.349 e. The molecule has 0 N–H and O–H groups in total. The van der Waals surface area contributed by atoms with Crippen LogP contribution in [0.15, 0.2) is 10.3 Å². The maximum absolute atomic E-state index is 12.8. The van der Waals surface area contributed by atoms with Crippen LogP contribution in [0, 0.1) is 12.8 Å². The first-order valence-corrected chi connectivity index (χ1v) is 8.86. The highest BCUT2D eigenvalue weighted by Gasteiger charge is 2.34. The Bertz CT molecular complexity index is 606. The summed E-state index contributed by atoms with van der Waals surface area (Å²) in [6.45, 7) is 4.79. The third-order valence-electron chi connectivity index (χ3n) is 3.51. The van der Waals surface area contributed by atoms with Gasteiger partial charge in [-0.25, -0.2) is 13.2 Å². The van der Waals surface area contributed by atoms with Crippen molar-refractivity contribution < 1.29 is 17.9 Å². The number of carbonyl (C=O) groups excluding carboxylic acids is 1. The number of hydrogen-bond acceptors (Lipinski definition) is 5. The molecular formula is C13H19NO4S2. The van der Waals surface area contributed by atoms with Gasteiger partial charge in [0.05, 0.1) is 7.11 Å². The molecule has 1 atom stereocenters. The van der Waals surface area contributed by atoms with E-state index in [2.05, 4.69) is 4.74 Å².